The third-order valence-electron chi connectivity index (χ3n) is 3.96. The van der Waals surface area contributed by atoms with Gasteiger partial charge in [-0.25, -0.2) is 0 Å². The molecule has 2 rings (SSSR count). The van der Waals surface area contributed by atoms with Crippen molar-refractivity contribution in [3.63, 3.8) is 0 Å². The van der Waals surface area contributed by atoms with Crippen LogP contribution >= 0.6 is 0 Å². The van der Waals surface area contributed by atoms with E-state index in [0.717, 1.165) is 19.3 Å². The van der Waals surface area contributed by atoms with Crippen LogP contribution in [0, 0.1) is 34.1 Å². The zero-order chi connectivity index (χ0) is 22.1. The summed E-state index contributed by atoms with van der Waals surface area (Å²) in [5.41, 5.74) is 2.19. The molecular weight excluding hydrogens is 372 g/mol. The maximum atomic E-state index is 10.2. The molecule has 0 aromatic heterocycles. The summed E-state index contributed by atoms with van der Waals surface area (Å²) in [6.07, 6.45) is 4.91. The molecule has 0 atom stereocenters. The molecular formula is C22H32N2O5. The summed E-state index contributed by atoms with van der Waals surface area (Å²) in [4.78, 5) is 19.0. The summed E-state index contributed by atoms with van der Waals surface area (Å²) in [5, 5.41) is 20.3. The smallest absolute Gasteiger partial charge is 0.276 e. The van der Waals surface area contributed by atoms with E-state index in [2.05, 4.69) is 52.0 Å². The van der Waals surface area contributed by atoms with E-state index in [9.17, 15) is 20.2 Å². The number of ether oxygens (including phenoxy) is 1. The number of rotatable bonds is 8. The molecule has 2 aromatic carbocycles. The molecule has 0 unspecified atom stereocenters. The van der Waals surface area contributed by atoms with Gasteiger partial charge in [-0.3, -0.25) is 20.2 Å². The molecule has 0 aliphatic heterocycles. The van der Waals surface area contributed by atoms with Crippen molar-refractivity contribution in [3.8, 4) is 0 Å². The molecule has 7 heteroatoms. The van der Waals surface area contributed by atoms with Gasteiger partial charge in [0.15, 0.2) is 0 Å². The van der Waals surface area contributed by atoms with Gasteiger partial charge in [-0.05, 0) is 43.9 Å². The molecule has 0 heterocycles. The zero-order valence-corrected chi connectivity index (χ0v) is 17.8. The molecule has 0 radical (unpaired) electrons. The number of non-ortho nitro benzene ring substituents is 2. The normalized spacial score (nSPS) is 9.52. The molecule has 0 bridgehead atoms. The number of hydrogen-bond acceptors (Lipinski definition) is 5. The van der Waals surface area contributed by atoms with Gasteiger partial charge in [0.1, 0.15) is 0 Å². The van der Waals surface area contributed by atoms with E-state index < -0.39 is 9.85 Å². The molecule has 0 fully saturated rings. The standard InChI is InChI=1S/C8H18O.C8H10.C6H4N2O4/c1-3-5-7-9-8-6-4-2;1-7-5-3-4-6-8(7)2;9-7(10)5-2-1-3-6(4-5)8(11)12/h3-8H2,1-2H3;3-6H,1-2H3;1-4H. The lowest BCUT2D eigenvalue weighted by molar-refractivity contribution is -0.394. The molecule has 160 valence electrons. The lowest BCUT2D eigenvalue weighted by Crippen LogP contribution is -1.95. The number of benzene rings is 2. The van der Waals surface area contributed by atoms with Crippen molar-refractivity contribution in [1.82, 2.24) is 0 Å². The van der Waals surface area contributed by atoms with E-state index in [-0.39, 0.29) is 11.4 Å². The Hall–Kier alpha value is -2.80. The van der Waals surface area contributed by atoms with Gasteiger partial charge in [0.05, 0.1) is 15.9 Å². The maximum Gasteiger partial charge on any atom is 0.276 e. The monoisotopic (exact) mass is 404 g/mol. The molecule has 0 saturated heterocycles. The van der Waals surface area contributed by atoms with E-state index in [1.54, 1.807) is 0 Å². The largest absolute Gasteiger partial charge is 0.381 e. The van der Waals surface area contributed by atoms with Crippen LogP contribution in [0.25, 0.3) is 0 Å². The highest BCUT2D eigenvalue weighted by Crippen LogP contribution is 2.18. The average Bonchev–Trinajstić information content (AvgIpc) is 2.71. The second kappa shape index (κ2) is 16.2. The van der Waals surface area contributed by atoms with Gasteiger partial charge in [-0.1, -0.05) is 51.0 Å². The molecule has 0 aliphatic rings. The minimum Gasteiger partial charge on any atom is -0.381 e. The predicted molar refractivity (Wildman–Crippen MR) is 116 cm³/mol. The van der Waals surface area contributed by atoms with Gasteiger partial charge in [0, 0.05) is 25.3 Å². The first-order chi connectivity index (χ1) is 13.8. The SMILES string of the molecule is CCCCOCCCC.Cc1ccccc1C.O=[N+]([O-])c1cccc([N+](=O)[O-])c1. The van der Waals surface area contributed by atoms with E-state index >= 15 is 0 Å². The number of hydrogen-bond donors (Lipinski definition) is 0. The molecule has 0 spiro atoms. The topological polar surface area (TPSA) is 95.5 Å². The van der Waals surface area contributed by atoms with Crippen LogP contribution < -0.4 is 0 Å². The fourth-order valence-electron chi connectivity index (χ4n) is 1.98. The predicted octanol–water partition coefficient (Wildman–Crippen LogP) is 6.41. The summed E-state index contributed by atoms with van der Waals surface area (Å²) in [6, 6.07) is 13.0. The van der Waals surface area contributed by atoms with Gasteiger partial charge in [0.2, 0.25) is 0 Å². The van der Waals surface area contributed by atoms with E-state index in [1.165, 1.54) is 55.0 Å². The number of aryl methyl sites for hydroxylation is 2. The van der Waals surface area contributed by atoms with Crippen molar-refractivity contribution < 1.29 is 14.6 Å². The van der Waals surface area contributed by atoms with Crippen molar-refractivity contribution in [2.24, 2.45) is 0 Å². The van der Waals surface area contributed by atoms with Crippen LogP contribution in [0.4, 0.5) is 11.4 Å². The fourth-order valence-corrected chi connectivity index (χ4v) is 1.98. The van der Waals surface area contributed by atoms with Gasteiger partial charge >= 0.3 is 0 Å². The Bertz CT molecular complexity index is 678. The number of nitrogens with zero attached hydrogens (tertiary/aromatic N) is 2. The molecule has 0 aliphatic carbocycles. The van der Waals surface area contributed by atoms with Crippen LogP contribution in [0.3, 0.4) is 0 Å². The summed E-state index contributed by atoms with van der Waals surface area (Å²) >= 11 is 0. The summed E-state index contributed by atoms with van der Waals surface area (Å²) < 4.78 is 5.31. The Kier molecular flexibility index (Phi) is 14.6. The Morgan fingerprint density at radius 1 is 0.759 bits per heavy atom. The van der Waals surface area contributed by atoms with Crippen LogP contribution in [0.5, 0.6) is 0 Å². The van der Waals surface area contributed by atoms with E-state index in [0.29, 0.717) is 0 Å². The van der Waals surface area contributed by atoms with Crippen LogP contribution in [-0.2, 0) is 4.74 Å². The van der Waals surface area contributed by atoms with Gasteiger partial charge in [0.25, 0.3) is 11.4 Å². The van der Waals surface area contributed by atoms with Crippen molar-refractivity contribution >= 4 is 11.4 Å². The molecule has 0 N–H and O–H groups in total. The molecule has 0 saturated carbocycles. The van der Waals surface area contributed by atoms with E-state index in [1.807, 2.05) is 0 Å². The van der Waals surface area contributed by atoms with Crippen molar-refractivity contribution in [1.29, 1.82) is 0 Å². The van der Waals surface area contributed by atoms with Crippen LogP contribution in [-0.4, -0.2) is 23.1 Å². The second-order valence-electron chi connectivity index (χ2n) is 6.44. The van der Waals surface area contributed by atoms with Gasteiger partial charge in [-0.15, -0.1) is 0 Å². The first-order valence-corrected chi connectivity index (χ1v) is 9.82. The quantitative estimate of drug-likeness (QED) is 0.288. The number of unbranched alkanes of at least 4 members (excludes halogenated alkanes) is 2. The second-order valence-corrected chi connectivity index (χ2v) is 6.44. The Morgan fingerprint density at radius 3 is 1.48 bits per heavy atom. The Labute approximate surface area is 173 Å². The van der Waals surface area contributed by atoms with Crippen LogP contribution in [0.1, 0.15) is 50.7 Å². The first-order valence-electron chi connectivity index (χ1n) is 9.82. The van der Waals surface area contributed by atoms with Gasteiger partial charge < -0.3 is 4.74 Å². The summed E-state index contributed by atoms with van der Waals surface area (Å²) in [7, 11) is 0. The molecule has 29 heavy (non-hydrogen) atoms. The highest BCUT2D eigenvalue weighted by Gasteiger charge is 2.11. The summed E-state index contributed by atoms with van der Waals surface area (Å²) in [5.74, 6) is 0. The number of nitro groups is 2. The maximum absolute atomic E-state index is 10.2. The van der Waals surface area contributed by atoms with Crippen LogP contribution in [0.2, 0.25) is 0 Å². The van der Waals surface area contributed by atoms with Crippen molar-refractivity contribution in [3.05, 3.63) is 79.9 Å². The van der Waals surface area contributed by atoms with E-state index in [4.69, 9.17) is 4.74 Å². The zero-order valence-electron chi connectivity index (χ0n) is 17.8. The molecule has 7 nitrogen and oxygen atoms in total. The third kappa shape index (κ3) is 13.1. The van der Waals surface area contributed by atoms with Crippen molar-refractivity contribution in [2.45, 2.75) is 53.4 Å². The lowest BCUT2D eigenvalue weighted by atomic mass is 10.1. The first kappa shape index (κ1) is 26.2. The molecule has 2 aromatic rings. The third-order valence-corrected chi connectivity index (χ3v) is 3.96. The van der Waals surface area contributed by atoms with Crippen LogP contribution in [0.15, 0.2) is 48.5 Å². The Morgan fingerprint density at radius 2 is 1.17 bits per heavy atom. The summed E-state index contributed by atoms with van der Waals surface area (Å²) in [6.45, 7) is 10.5. The molecule has 0 amide bonds. The average molecular weight is 405 g/mol. The van der Waals surface area contributed by atoms with Crippen molar-refractivity contribution in [2.75, 3.05) is 13.2 Å². The minimum atomic E-state index is -0.674. The number of nitro benzene ring substituents is 2. The highest BCUT2D eigenvalue weighted by molar-refractivity contribution is 5.42. The van der Waals surface area contributed by atoms with Gasteiger partial charge in [-0.2, -0.15) is 0 Å². The highest BCUT2D eigenvalue weighted by atomic mass is 16.6. The Balaban J connectivity index is 0.000000416. The minimum absolute atomic E-state index is 0.274. The lowest BCUT2D eigenvalue weighted by Gasteiger charge is -1.99. The fraction of sp³-hybridized carbons (Fsp3) is 0.455.